The first-order chi connectivity index (χ1) is 9.60. The Balaban J connectivity index is 2.01. The number of nitrogens with zero attached hydrogens (tertiary/aromatic N) is 2. The van der Waals surface area contributed by atoms with Gasteiger partial charge in [0.15, 0.2) is 0 Å². The minimum absolute atomic E-state index is 0.537. The maximum absolute atomic E-state index is 8.93. The largest absolute Gasteiger partial charge is 0.371 e. The minimum atomic E-state index is 0.537. The maximum Gasteiger partial charge on any atom is 0.101 e. The monoisotopic (exact) mass is 291 g/mol. The van der Waals surface area contributed by atoms with Crippen LogP contribution in [-0.2, 0) is 0 Å². The third-order valence-electron chi connectivity index (χ3n) is 3.77. The molecule has 1 aromatic carbocycles. The van der Waals surface area contributed by atoms with Crippen LogP contribution >= 0.6 is 11.6 Å². The van der Waals surface area contributed by atoms with E-state index in [4.69, 9.17) is 16.9 Å². The molecule has 1 atom stereocenters. The lowest BCUT2D eigenvalue weighted by Crippen LogP contribution is -2.41. The summed E-state index contributed by atoms with van der Waals surface area (Å²) in [7, 11) is 0. The average Bonchev–Trinajstić information content (AvgIpc) is 2.45. The van der Waals surface area contributed by atoms with Gasteiger partial charge in [-0.3, -0.25) is 0 Å². The van der Waals surface area contributed by atoms with Crippen molar-refractivity contribution >= 4 is 17.3 Å². The molecule has 1 aliphatic rings. The van der Waals surface area contributed by atoms with E-state index in [-0.39, 0.29) is 0 Å². The predicted molar refractivity (Wildman–Crippen MR) is 84.2 cm³/mol. The lowest BCUT2D eigenvalue weighted by molar-refractivity contribution is 0.379. The fourth-order valence-corrected chi connectivity index (χ4v) is 2.88. The van der Waals surface area contributed by atoms with Crippen LogP contribution in [0.4, 0.5) is 5.69 Å². The highest BCUT2D eigenvalue weighted by atomic mass is 35.5. The molecular formula is C16H22ClN3. The molecule has 2 rings (SSSR count). The van der Waals surface area contributed by atoms with Crippen LogP contribution in [0.3, 0.4) is 0 Å². The molecule has 1 fully saturated rings. The quantitative estimate of drug-likeness (QED) is 0.924. The van der Waals surface area contributed by atoms with Crippen LogP contribution in [0.25, 0.3) is 0 Å². The van der Waals surface area contributed by atoms with E-state index >= 15 is 0 Å². The summed E-state index contributed by atoms with van der Waals surface area (Å²) >= 11 is 6.13. The molecule has 1 unspecified atom stereocenters. The maximum atomic E-state index is 8.93. The standard InChI is InChI=1S/C16H22ClN3/c1-12(2)19-10-13-4-3-7-20(11-13)15-6-5-14(9-18)16(17)8-15/h5-6,8,12-13,19H,3-4,7,10-11H2,1-2H3. The predicted octanol–water partition coefficient (Wildman–Crippen LogP) is 3.43. The van der Waals surface area contributed by atoms with Crippen molar-refractivity contribution in [1.29, 1.82) is 5.26 Å². The number of halogens is 1. The van der Waals surface area contributed by atoms with E-state index in [9.17, 15) is 0 Å². The third-order valence-corrected chi connectivity index (χ3v) is 4.08. The second-order valence-electron chi connectivity index (χ2n) is 5.79. The molecule has 1 heterocycles. The summed E-state index contributed by atoms with van der Waals surface area (Å²) in [6, 6.07) is 8.37. The van der Waals surface area contributed by atoms with Gasteiger partial charge in [-0.05, 0) is 43.5 Å². The molecule has 0 spiro atoms. The molecule has 0 bridgehead atoms. The lowest BCUT2D eigenvalue weighted by atomic mass is 9.97. The number of piperidine rings is 1. The van der Waals surface area contributed by atoms with Crippen LogP contribution in [0.1, 0.15) is 32.3 Å². The van der Waals surface area contributed by atoms with Crippen LogP contribution in [0.2, 0.25) is 5.02 Å². The van der Waals surface area contributed by atoms with Crippen molar-refractivity contribution in [1.82, 2.24) is 5.32 Å². The van der Waals surface area contributed by atoms with Gasteiger partial charge in [0.25, 0.3) is 0 Å². The zero-order valence-corrected chi connectivity index (χ0v) is 13.0. The van der Waals surface area contributed by atoms with Crippen LogP contribution in [0.5, 0.6) is 0 Å². The second-order valence-corrected chi connectivity index (χ2v) is 6.20. The van der Waals surface area contributed by atoms with Gasteiger partial charge in [0, 0.05) is 24.8 Å². The van der Waals surface area contributed by atoms with Crippen molar-refractivity contribution in [3.8, 4) is 6.07 Å². The van der Waals surface area contributed by atoms with E-state index in [1.165, 1.54) is 12.8 Å². The summed E-state index contributed by atoms with van der Waals surface area (Å²) in [5.41, 5.74) is 1.67. The van der Waals surface area contributed by atoms with Gasteiger partial charge in [-0.25, -0.2) is 0 Å². The smallest absolute Gasteiger partial charge is 0.101 e. The number of nitrogens with one attached hydrogen (secondary N) is 1. The molecule has 108 valence electrons. The highest BCUT2D eigenvalue weighted by molar-refractivity contribution is 6.32. The molecule has 1 aliphatic heterocycles. The molecule has 0 amide bonds. The zero-order valence-electron chi connectivity index (χ0n) is 12.2. The van der Waals surface area contributed by atoms with Crippen molar-refractivity contribution in [2.24, 2.45) is 5.92 Å². The van der Waals surface area contributed by atoms with E-state index in [1.807, 2.05) is 18.2 Å². The number of anilines is 1. The van der Waals surface area contributed by atoms with Gasteiger partial charge in [0.1, 0.15) is 6.07 Å². The Morgan fingerprint density at radius 1 is 1.50 bits per heavy atom. The van der Waals surface area contributed by atoms with Crippen molar-refractivity contribution in [3.63, 3.8) is 0 Å². The molecule has 0 saturated carbocycles. The second kappa shape index (κ2) is 6.97. The number of hydrogen-bond donors (Lipinski definition) is 1. The molecular weight excluding hydrogens is 270 g/mol. The Morgan fingerprint density at radius 2 is 2.30 bits per heavy atom. The van der Waals surface area contributed by atoms with Crippen LogP contribution < -0.4 is 10.2 Å². The summed E-state index contributed by atoms with van der Waals surface area (Å²) in [5, 5.41) is 13.0. The number of hydrogen-bond acceptors (Lipinski definition) is 3. The van der Waals surface area contributed by atoms with E-state index < -0.39 is 0 Å². The minimum Gasteiger partial charge on any atom is -0.371 e. The van der Waals surface area contributed by atoms with Crippen molar-refractivity contribution < 1.29 is 0 Å². The Bertz CT molecular complexity index is 493. The van der Waals surface area contributed by atoms with Gasteiger partial charge in [0.2, 0.25) is 0 Å². The number of rotatable bonds is 4. The molecule has 1 saturated heterocycles. The molecule has 3 nitrogen and oxygen atoms in total. The van der Waals surface area contributed by atoms with Crippen LogP contribution in [0, 0.1) is 17.2 Å². The first-order valence-corrected chi connectivity index (χ1v) is 7.66. The lowest BCUT2D eigenvalue weighted by Gasteiger charge is -2.35. The van der Waals surface area contributed by atoms with Gasteiger partial charge in [-0.1, -0.05) is 25.4 Å². The summed E-state index contributed by atoms with van der Waals surface area (Å²) < 4.78 is 0. The molecule has 1 N–H and O–H groups in total. The van der Waals surface area contributed by atoms with Gasteiger partial charge in [-0.15, -0.1) is 0 Å². The van der Waals surface area contributed by atoms with E-state index in [1.54, 1.807) is 0 Å². The Labute approximate surface area is 126 Å². The molecule has 0 aromatic heterocycles. The first kappa shape index (κ1) is 15.2. The first-order valence-electron chi connectivity index (χ1n) is 7.28. The van der Waals surface area contributed by atoms with Gasteiger partial charge < -0.3 is 10.2 Å². The summed E-state index contributed by atoms with van der Waals surface area (Å²) in [4.78, 5) is 2.38. The Morgan fingerprint density at radius 3 is 2.95 bits per heavy atom. The van der Waals surface area contributed by atoms with Gasteiger partial charge in [-0.2, -0.15) is 5.26 Å². The summed E-state index contributed by atoms with van der Waals surface area (Å²) in [5.74, 6) is 0.681. The molecule has 0 radical (unpaired) electrons. The number of benzene rings is 1. The van der Waals surface area contributed by atoms with Crippen molar-refractivity contribution in [2.45, 2.75) is 32.7 Å². The SMILES string of the molecule is CC(C)NCC1CCCN(c2ccc(C#N)c(Cl)c2)C1. The average molecular weight is 292 g/mol. The zero-order chi connectivity index (χ0) is 14.5. The van der Waals surface area contributed by atoms with Crippen LogP contribution in [-0.4, -0.2) is 25.7 Å². The van der Waals surface area contributed by atoms with Crippen molar-refractivity contribution in [2.75, 3.05) is 24.5 Å². The normalized spacial score (nSPS) is 19.1. The summed E-state index contributed by atoms with van der Waals surface area (Å²) in [6.07, 6.45) is 2.49. The fraction of sp³-hybridized carbons (Fsp3) is 0.562. The molecule has 20 heavy (non-hydrogen) atoms. The Kier molecular flexibility index (Phi) is 5.28. The molecule has 4 heteroatoms. The van der Waals surface area contributed by atoms with Gasteiger partial charge >= 0.3 is 0 Å². The topological polar surface area (TPSA) is 39.1 Å². The highest BCUT2D eigenvalue weighted by Gasteiger charge is 2.20. The van der Waals surface area contributed by atoms with E-state index in [0.717, 1.165) is 25.3 Å². The summed E-state index contributed by atoms with van der Waals surface area (Å²) in [6.45, 7) is 7.56. The molecule has 1 aromatic rings. The molecule has 0 aliphatic carbocycles. The van der Waals surface area contributed by atoms with Gasteiger partial charge in [0.05, 0.1) is 10.6 Å². The Hall–Kier alpha value is -1.24. The number of nitriles is 1. The van der Waals surface area contributed by atoms with Crippen LogP contribution in [0.15, 0.2) is 18.2 Å². The van der Waals surface area contributed by atoms with E-state index in [2.05, 4.69) is 30.1 Å². The third kappa shape index (κ3) is 3.88. The fourth-order valence-electron chi connectivity index (χ4n) is 2.66. The van der Waals surface area contributed by atoms with Crippen molar-refractivity contribution in [3.05, 3.63) is 28.8 Å². The highest BCUT2D eigenvalue weighted by Crippen LogP contribution is 2.27. The van der Waals surface area contributed by atoms with E-state index in [0.29, 0.717) is 22.5 Å².